The van der Waals surface area contributed by atoms with Crippen LogP contribution in [-0.4, -0.2) is 25.1 Å². The fraction of sp³-hybridized carbons (Fsp3) is 0.118. The van der Waals surface area contributed by atoms with Crippen LogP contribution < -0.4 is 10.1 Å². The average Bonchev–Trinajstić information content (AvgIpc) is 2.59. The Morgan fingerprint density at radius 2 is 1.92 bits per heavy atom. The predicted molar refractivity (Wildman–Crippen MR) is 82.6 cm³/mol. The van der Waals surface area contributed by atoms with Gasteiger partial charge in [0.05, 0.1) is 11.6 Å². The van der Waals surface area contributed by atoms with E-state index in [1.54, 1.807) is 24.3 Å². The number of anilines is 1. The topological polar surface area (TPSA) is 88.4 Å². The number of nitrogens with zero attached hydrogens (tertiary/aromatic N) is 1. The molecule has 0 saturated carbocycles. The minimum Gasteiger partial charge on any atom is -0.479 e. The zero-order chi connectivity index (χ0) is 17.4. The number of carbonyl (C=O) groups excluding carboxylic acids is 2. The molecule has 1 N–H and O–H groups in total. The number of carbonyl (C=O) groups is 2. The van der Waals surface area contributed by atoms with Gasteiger partial charge in [0, 0.05) is 5.69 Å². The highest BCUT2D eigenvalue weighted by Crippen LogP contribution is 2.15. The minimum atomic E-state index is -0.806. The van der Waals surface area contributed by atoms with Crippen LogP contribution in [0.3, 0.4) is 0 Å². The van der Waals surface area contributed by atoms with Crippen molar-refractivity contribution in [1.82, 2.24) is 0 Å². The van der Waals surface area contributed by atoms with E-state index in [0.29, 0.717) is 11.3 Å². The van der Waals surface area contributed by atoms with Gasteiger partial charge in [0.25, 0.3) is 5.91 Å². The highest BCUT2D eigenvalue weighted by molar-refractivity contribution is 5.93. The summed E-state index contributed by atoms with van der Waals surface area (Å²) in [6, 6.07) is 13.9. The lowest BCUT2D eigenvalue weighted by Crippen LogP contribution is -2.23. The maximum absolute atomic E-state index is 13.3. The number of ether oxygens (including phenoxy) is 2. The van der Waals surface area contributed by atoms with Crippen LogP contribution in [0.4, 0.5) is 10.1 Å². The summed E-state index contributed by atoms with van der Waals surface area (Å²) in [5, 5.41) is 11.3. The summed E-state index contributed by atoms with van der Waals surface area (Å²) < 4.78 is 23.0. The monoisotopic (exact) mass is 328 g/mol. The van der Waals surface area contributed by atoms with Crippen molar-refractivity contribution in [2.24, 2.45) is 0 Å². The van der Waals surface area contributed by atoms with Crippen LogP contribution in [0.2, 0.25) is 0 Å². The van der Waals surface area contributed by atoms with Crippen molar-refractivity contribution in [3.63, 3.8) is 0 Å². The fourth-order valence-corrected chi connectivity index (χ4v) is 1.75. The fourth-order valence-electron chi connectivity index (χ4n) is 1.75. The molecular weight excluding hydrogens is 315 g/mol. The van der Waals surface area contributed by atoms with E-state index < -0.39 is 30.9 Å². The Labute approximate surface area is 137 Å². The van der Waals surface area contributed by atoms with Crippen molar-refractivity contribution in [2.45, 2.75) is 0 Å². The first-order valence-electron chi connectivity index (χ1n) is 6.91. The van der Waals surface area contributed by atoms with E-state index in [4.69, 9.17) is 14.7 Å². The number of rotatable bonds is 6. The molecule has 0 aliphatic heterocycles. The first-order chi connectivity index (χ1) is 11.6. The van der Waals surface area contributed by atoms with Crippen molar-refractivity contribution in [3.8, 4) is 11.8 Å². The second-order valence-electron chi connectivity index (χ2n) is 4.62. The zero-order valence-electron chi connectivity index (χ0n) is 12.5. The Kier molecular flexibility index (Phi) is 5.86. The van der Waals surface area contributed by atoms with Crippen LogP contribution >= 0.6 is 0 Å². The molecule has 2 aromatic rings. The molecule has 2 rings (SSSR count). The number of halogens is 1. The van der Waals surface area contributed by atoms with Crippen LogP contribution in [-0.2, 0) is 14.3 Å². The number of hydrogen-bond donors (Lipinski definition) is 1. The molecule has 7 heteroatoms. The van der Waals surface area contributed by atoms with Gasteiger partial charge in [-0.15, -0.1) is 0 Å². The van der Waals surface area contributed by atoms with Crippen molar-refractivity contribution in [1.29, 1.82) is 5.26 Å². The van der Waals surface area contributed by atoms with E-state index in [2.05, 4.69) is 5.32 Å². The number of amides is 1. The Bertz CT molecular complexity index is 786. The molecule has 0 unspecified atom stereocenters. The highest BCUT2D eigenvalue weighted by Gasteiger charge is 2.10. The van der Waals surface area contributed by atoms with Crippen LogP contribution in [0.25, 0.3) is 0 Å². The maximum Gasteiger partial charge on any atom is 0.344 e. The van der Waals surface area contributed by atoms with E-state index in [0.717, 1.165) is 0 Å². The van der Waals surface area contributed by atoms with E-state index >= 15 is 0 Å². The Hall–Kier alpha value is -3.40. The predicted octanol–water partition coefficient (Wildman–Crippen LogP) is 2.26. The molecule has 0 aromatic heterocycles. The zero-order valence-corrected chi connectivity index (χ0v) is 12.5. The quantitative estimate of drug-likeness (QED) is 0.822. The summed E-state index contributed by atoms with van der Waals surface area (Å²) in [5.74, 6) is -2.05. The number of nitrogens with one attached hydrogen (secondary N) is 1. The third-order valence-electron chi connectivity index (χ3n) is 2.82. The van der Waals surface area contributed by atoms with Gasteiger partial charge >= 0.3 is 5.97 Å². The lowest BCUT2D eigenvalue weighted by atomic mass is 10.2. The van der Waals surface area contributed by atoms with Crippen molar-refractivity contribution in [2.75, 3.05) is 18.5 Å². The SMILES string of the molecule is N#Cc1cccc(NC(=O)COC(=O)COc2ccccc2F)c1. The van der Waals surface area contributed by atoms with Gasteiger partial charge in [-0.1, -0.05) is 18.2 Å². The maximum atomic E-state index is 13.3. The van der Waals surface area contributed by atoms with Gasteiger partial charge in [-0.2, -0.15) is 5.26 Å². The van der Waals surface area contributed by atoms with E-state index in [-0.39, 0.29) is 5.75 Å². The third-order valence-corrected chi connectivity index (χ3v) is 2.82. The molecule has 0 aliphatic carbocycles. The molecule has 6 nitrogen and oxygen atoms in total. The summed E-state index contributed by atoms with van der Waals surface area (Å²) in [4.78, 5) is 23.2. The number of nitriles is 1. The number of esters is 1. The molecule has 0 atom stereocenters. The van der Waals surface area contributed by atoms with Crippen LogP contribution in [0.1, 0.15) is 5.56 Å². The molecule has 0 fully saturated rings. The second-order valence-corrected chi connectivity index (χ2v) is 4.62. The molecular formula is C17H13FN2O4. The van der Waals surface area contributed by atoms with Gasteiger partial charge < -0.3 is 14.8 Å². The molecule has 24 heavy (non-hydrogen) atoms. The average molecular weight is 328 g/mol. The van der Waals surface area contributed by atoms with Crippen molar-refractivity contribution < 1.29 is 23.5 Å². The second kappa shape index (κ2) is 8.29. The summed E-state index contributed by atoms with van der Waals surface area (Å²) >= 11 is 0. The largest absolute Gasteiger partial charge is 0.479 e. The summed E-state index contributed by atoms with van der Waals surface area (Å²) in [7, 11) is 0. The van der Waals surface area contributed by atoms with Gasteiger partial charge in [-0.25, -0.2) is 9.18 Å². The third kappa shape index (κ3) is 5.10. The van der Waals surface area contributed by atoms with E-state index in [1.807, 2.05) is 6.07 Å². The summed E-state index contributed by atoms with van der Waals surface area (Å²) in [6.07, 6.45) is 0. The highest BCUT2D eigenvalue weighted by atomic mass is 19.1. The Morgan fingerprint density at radius 1 is 1.12 bits per heavy atom. The first kappa shape index (κ1) is 17.0. The normalized spacial score (nSPS) is 9.67. The molecule has 0 radical (unpaired) electrons. The first-order valence-corrected chi connectivity index (χ1v) is 6.91. The minimum absolute atomic E-state index is 0.0766. The van der Waals surface area contributed by atoms with Crippen LogP contribution in [0, 0.1) is 17.1 Å². The number of benzene rings is 2. The lowest BCUT2D eigenvalue weighted by molar-refractivity contribution is -0.149. The Balaban J connectivity index is 1.76. The molecule has 2 aromatic carbocycles. The standard InChI is InChI=1S/C17H13FN2O4/c18-14-6-1-2-7-15(14)23-11-17(22)24-10-16(21)20-13-5-3-4-12(8-13)9-19/h1-8H,10-11H2,(H,20,21). The number of hydrogen-bond acceptors (Lipinski definition) is 5. The molecule has 0 spiro atoms. The van der Waals surface area contributed by atoms with E-state index in [1.165, 1.54) is 24.3 Å². The van der Waals surface area contributed by atoms with Crippen LogP contribution in [0.5, 0.6) is 5.75 Å². The molecule has 122 valence electrons. The molecule has 0 saturated heterocycles. The molecule has 0 heterocycles. The van der Waals surface area contributed by atoms with Gasteiger partial charge in [-0.3, -0.25) is 4.79 Å². The van der Waals surface area contributed by atoms with Gasteiger partial charge in [0.2, 0.25) is 0 Å². The Morgan fingerprint density at radius 3 is 2.67 bits per heavy atom. The smallest absolute Gasteiger partial charge is 0.344 e. The lowest BCUT2D eigenvalue weighted by Gasteiger charge is -2.08. The van der Waals surface area contributed by atoms with Crippen molar-refractivity contribution in [3.05, 3.63) is 59.9 Å². The van der Waals surface area contributed by atoms with E-state index in [9.17, 15) is 14.0 Å². The molecule has 0 bridgehead atoms. The number of para-hydroxylation sites is 1. The van der Waals surface area contributed by atoms with Gasteiger partial charge in [-0.05, 0) is 30.3 Å². The van der Waals surface area contributed by atoms with Gasteiger partial charge in [0.1, 0.15) is 0 Å². The summed E-state index contributed by atoms with van der Waals surface area (Å²) in [6.45, 7) is -1.03. The molecule has 0 aliphatic rings. The molecule has 1 amide bonds. The summed E-state index contributed by atoms with van der Waals surface area (Å²) in [5.41, 5.74) is 0.806. The van der Waals surface area contributed by atoms with Gasteiger partial charge in [0.15, 0.2) is 24.8 Å². The van der Waals surface area contributed by atoms with Crippen LogP contribution in [0.15, 0.2) is 48.5 Å². The van der Waals surface area contributed by atoms with Crippen molar-refractivity contribution >= 4 is 17.6 Å².